The molecule has 2 N–H and O–H groups in total. The molecule has 4 atom stereocenters. The highest BCUT2D eigenvalue weighted by atomic mass is 32.2. The van der Waals surface area contributed by atoms with Crippen molar-refractivity contribution in [1.82, 2.24) is 9.21 Å². The largest absolute Gasteiger partial charge is 0.487 e. The van der Waals surface area contributed by atoms with Crippen LogP contribution < -0.4 is 4.74 Å². The van der Waals surface area contributed by atoms with E-state index in [0.717, 1.165) is 12.5 Å². The molecule has 0 radical (unpaired) electrons. The number of ether oxygens (including phenoxy) is 1. The van der Waals surface area contributed by atoms with Gasteiger partial charge in [0.2, 0.25) is 10.0 Å². The second kappa shape index (κ2) is 9.88. The molecule has 3 rings (SSSR count). The highest BCUT2D eigenvalue weighted by Crippen LogP contribution is 2.35. The lowest BCUT2D eigenvalue weighted by molar-refractivity contribution is 0.0740. The number of aliphatic hydroxyl groups excluding tert-OH is 2. The molecule has 0 amide bonds. The van der Waals surface area contributed by atoms with Crippen LogP contribution in [-0.2, 0) is 10.0 Å². The minimum Gasteiger partial charge on any atom is -0.487 e. The van der Waals surface area contributed by atoms with Gasteiger partial charge in [-0.3, -0.25) is 0 Å². The van der Waals surface area contributed by atoms with E-state index < -0.39 is 22.2 Å². The number of likely N-dealkylation sites (N-methyl/N-ethyl adjacent to an activating group) is 1. The van der Waals surface area contributed by atoms with Crippen molar-refractivity contribution in [1.29, 1.82) is 0 Å². The van der Waals surface area contributed by atoms with Crippen LogP contribution in [0.5, 0.6) is 5.75 Å². The van der Waals surface area contributed by atoms with Crippen LogP contribution in [0.2, 0.25) is 0 Å². The number of fused-ring (bicyclic) bond motifs is 1. The van der Waals surface area contributed by atoms with Crippen molar-refractivity contribution in [3.8, 4) is 17.6 Å². The Morgan fingerprint density at radius 2 is 2.00 bits per heavy atom. The first-order chi connectivity index (χ1) is 14.6. The lowest BCUT2D eigenvalue weighted by Crippen LogP contribution is -2.49. The number of sulfonamides is 1. The van der Waals surface area contributed by atoms with Crippen LogP contribution in [0.4, 0.5) is 0 Å². The summed E-state index contributed by atoms with van der Waals surface area (Å²) in [4.78, 5) is 2.34. The highest BCUT2D eigenvalue weighted by Gasteiger charge is 2.38. The molecular weight excluding hydrogens is 416 g/mol. The zero-order valence-electron chi connectivity index (χ0n) is 18.8. The SMILES string of the molecule is C[C@H](CO)N1C[C@H](C)[C@@H](CN(C)CC2CC2)Oc2cc(C#C[C@@H](C)O)ccc2S1(=O)=O. The molecule has 1 aliphatic carbocycles. The van der Waals surface area contributed by atoms with E-state index in [-0.39, 0.29) is 35.8 Å². The summed E-state index contributed by atoms with van der Waals surface area (Å²) in [6.45, 7) is 6.98. The van der Waals surface area contributed by atoms with E-state index in [1.807, 2.05) is 6.92 Å². The van der Waals surface area contributed by atoms with Crippen molar-refractivity contribution in [3.63, 3.8) is 0 Å². The molecule has 1 fully saturated rings. The van der Waals surface area contributed by atoms with Gasteiger partial charge >= 0.3 is 0 Å². The monoisotopic (exact) mass is 450 g/mol. The van der Waals surface area contributed by atoms with Gasteiger partial charge in [-0.2, -0.15) is 4.31 Å². The van der Waals surface area contributed by atoms with Crippen molar-refractivity contribution < 1.29 is 23.4 Å². The molecule has 2 aliphatic rings. The molecule has 1 aromatic carbocycles. The molecule has 0 aromatic heterocycles. The third kappa shape index (κ3) is 5.99. The van der Waals surface area contributed by atoms with Gasteiger partial charge in [-0.15, -0.1) is 0 Å². The van der Waals surface area contributed by atoms with Gasteiger partial charge in [0.15, 0.2) is 0 Å². The molecule has 0 bridgehead atoms. The number of aliphatic hydroxyl groups is 2. The molecule has 0 saturated heterocycles. The summed E-state index contributed by atoms with van der Waals surface area (Å²) in [6, 6.07) is 4.22. The van der Waals surface area contributed by atoms with E-state index in [1.165, 1.54) is 23.2 Å². The molecule has 1 saturated carbocycles. The fourth-order valence-electron chi connectivity index (χ4n) is 3.83. The summed E-state index contributed by atoms with van der Waals surface area (Å²) in [5, 5.41) is 19.2. The fourth-order valence-corrected chi connectivity index (χ4v) is 5.66. The summed E-state index contributed by atoms with van der Waals surface area (Å²) >= 11 is 0. The number of rotatable bonds is 6. The Bertz CT molecular complexity index is 933. The normalized spacial score (nSPS) is 25.4. The topological polar surface area (TPSA) is 90.3 Å². The van der Waals surface area contributed by atoms with E-state index in [1.54, 1.807) is 26.0 Å². The van der Waals surface area contributed by atoms with Gasteiger partial charge in [-0.05, 0) is 57.9 Å². The van der Waals surface area contributed by atoms with Crippen molar-refractivity contribution in [2.45, 2.75) is 56.8 Å². The maximum absolute atomic E-state index is 13.4. The molecular formula is C23H34N2O5S. The maximum Gasteiger partial charge on any atom is 0.247 e. The van der Waals surface area contributed by atoms with Gasteiger partial charge in [-0.25, -0.2) is 8.42 Å². The molecule has 1 aliphatic heterocycles. The molecule has 1 aromatic rings. The standard InChI is InChI=1S/C23H34N2O5S/c1-16-12-25(17(2)15-26)31(28,29)23-10-9-19(6-5-18(3)27)11-21(23)30-22(16)14-24(4)13-20-7-8-20/h9-11,16-18,20,22,26-27H,7-8,12-15H2,1-4H3/t16-,17+,18+,22+/m0/s1. The smallest absolute Gasteiger partial charge is 0.247 e. The summed E-state index contributed by atoms with van der Waals surface area (Å²) in [5.41, 5.74) is 0.579. The average molecular weight is 451 g/mol. The second-order valence-corrected chi connectivity index (χ2v) is 10.9. The molecule has 0 unspecified atom stereocenters. The Kier molecular flexibility index (Phi) is 7.66. The number of hydrogen-bond acceptors (Lipinski definition) is 6. The van der Waals surface area contributed by atoms with E-state index >= 15 is 0 Å². The van der Waals surface area contributed by atoms with Gasteiger partial charge in [0, 0.05) is 37.2 Å². The van der Waals surface area contributed by atoms with E-state index in [9.17, 15) is 18.6 Å². The van der Waals surface area contributed by atoms with Crippen LogP contribution in [0.1, 0.15) is 39.2 Å². The van der Waals surface area contributed by atoms with Crippen LogP contribution in [0.15, 0.2) is 23.1 Å². The summed E-state index contributed by atoms with van der Waals surface area (Å²) in [5.74, 6) is 6.48. The molecule has 172 valence electrons. The van der Waals surface area contributed by atoms with Crippen LogP contribution >= 0.6 is 0 Å². The van der Waals surface area contributed by atoms with Crippen LogP contribution in [-0.4, -0.2) is 79.4 Å². The number of nitrogens with zero attached hydrogens (tertiary/aromatic N) is 2. The first-order valence-corrected chi connectivity index (χ1v) is 12.4. The van der Waals surface area contributed by atoms with Crippen molar-refractivity contribution in [3.05, 3.63) is 23.8 Å². The quantitative estimate of drug-likeness (QED) is 0.639. The summed E-state index contributed by atoms with van der Waals surface area (Å²) in [7, 11) is -1.79. The van der Waals surface area contributed by atoms with Gasteiger partial charge < -0.3 is 19.8 Å². The van der Waals surface area contributed by atoms with E-state index in [2.05, 4.69) is 23.8 Å². The van der Waals surface area contributed by atoms with Gasteiger partial charge in [0.1, 0.15) is 22.9 Å². The lowest BCUT2D eigenvalue weighted by Gasteiger charge is -2.37. The molecule has 8 heteroatoms. The lowest BCUT2D eigenvalue weighted by atomic mass is 10.0. The number of benzene rings is 1. The van der Waals surface area contributed by atoms with E-state index in [0.29, 0.717) is 12.1 Å². The van der Waals surface area contributed by atoms with Crippen LogP contribution in [0.3, 0.4) is 0 Å². The van der Waals surface area contributed by atoms with Crippen molar-refractivity contribution in [2.75, 3.05) is 33.3 Å². The van der Waals surface area contributed by atoms with Crippen molar-refractivity contribution in [2.24, 2.45) is 11.8 Å². The van der Waals surface area contributed by atoms with Crippen molar-refractivity contribution >= 4 is 10.0 Å². The summed E-state index contributed by atoms with van der Waals surface area (Å²) < 4.78 is 34.6. The zero-order valence-corrected chi connectivity index (χ0v) is 19.6. The van der Waals surface area contributed by atoms with Crippen LogP contribution in [0.25, 0.3) is 0 Å². The second-order valence-electron chi connectivity index (χ2n) is 9.01. The van der Waals surface area contributed by atoms with E-state index in [4.69, 9.17) is 4.74 Å². The Hall–Kier alpha value is -1.63. The van der Waals surface area contributed by atoms with Gasteiger partial charge in [0.05, 0.1) is 6.61 Å². The zero-order chi connectivity index (χ0) is 22.8. The molecule has 1 heterocycles. The predicted octanol–water partition coefficient (Wildman–Crippen LogP) is 1.53. The predicted molar refractivity (Wildman–Crippen MR) is 119 cm³/mol. The first kappa shape index (κ1) is 24.0. The average Bonchev–Trinajstić information content (AvgIpc) is 3.52. The van der Waals surface area contributed by atoms with Gasteiger partial charge in [-0.1, -0.05) is 18.8 Å². The first-order valence-electron chi connectivity index (χ1n) is 10.9. The maximum atomic E-state index is 13.4. The Morgan fingerprint density at radius 1 is 1.29 bits per heavy atom. The van der Waals surface area contributed by atoms with Crippen LogP contribution in [0, 0.1) is 23.7 Å². The Balaban J connectivity index is 2.00. The Morgan fingerprint density at radius 3 is 2.61 bits per heavy atom. The highest BCUT2D eigenvalue weighted by molar-refractivity contribution is 7.89. The summed E-state index contributed by atoms with van der Waals surface area (Å²) in [6.07, 6.45) is 1.53. The Labute approximate surface area is 186 Å². The van der Waals surface area contributed by atoms with Gasteiger partial charge in [0.25, 0.3) is 0 Å². The minimum absolute atomic E-state index is 0.0780. The fraction of sp³-hybridized carbons (Fsp3) is 0.652. The third-order valence-corrected chi connectivity index (χ3v) is 7.87. The number of hydrogen-bond donors (Lipinski definition) is 2. The minimum atomic E-state index is -3.86. The molecule has 7 nitrogen and oxygen atoms in total. The molecule has 31 heavy (non-hydrogen) atoms. The third-order valence-electron chi connectivity index (χ3n) is 5.85. The molecule has 0 spiro atoms.